The monoisotopic (exact) mass is 136 g/mol. The van der Waals surface area contributed by atoms with Crippen molar-refractivity contribution in [1.29, 1.82) is 0 Å². The van der Waals surface area contributed by atoms with Gasteiger partial charge in [0.05, 0.1) is 6.20 Å². The first kappa shape index (κ1) is 5.96. The number of fused-ring (bicyclic) bond motifs is 1. The molecule has 1 heterocycles. The summed E-state index contributed by atoms with van der Waals surface area (Å²) in [5.41, 5.74) is 2.81. The van der Waals surface area contributed by atoms with E-state index in [1.165, 1.54) is 43.4 Å². The molecule has 0 spiro atoms. The third-order valence-corrected chi connectivity index (χ3v) is 2.18. The highest BCUT2D eigenvalue weighted by Crippen LogP contribution is 2.17. The molecule has 1 aliphatic carbocycles. The van der Waals surface area contributed by atoms with Crippen LogP contribution in [0.25, 0.3) is 0 Å². The van der Waals surface area contributed by atoms with Gasteiger partial charge in [0.1, 0.15) is 0 Å². The molecule has 0 bridgehead atoms. The smallest absolute Gasteiger partial charge is 0.0522 e. The van der Waals surface area contributed by atoms with E-state index in [2.05, 4.69) is 10.2 Å². The molecular formula is C8H12N2. The average molecular weight is 136 g/mol. The van der Waals surface area contributed by atoms with E-state index in [0.717, 1.165) is 0 Å². The van der Waals surface area contributed by atoms with Crippen molar-refractivity contribution in [2.24, 2.45) is 0 Å². The van der Waals surface area contributed by atoms with Gasteiger partial charge in [0, 0.05) is 5.69 Å². The van der Waals surface area contributed by atoms with E-state index < -0.39 is 0 Å². The molecule has 2 heteroatoms. The Balaban J connectivity index is 2.28. The molecule has 0 aliphatic heterocycles. The molecule has 0 radical (unpaired) electrons. The molecular weight excluding hydrogens is 124 g/mol. The second kappa shape index (κ2) is 2.45. The number of nitrogens with one attached hydrogen (secondary N) is 1. The minimum Gasteiger partial charge on any atom is -0.282 e. The van der Waals surface area contributed by atoms with E-state index in [4.69, 9.17) is 0 Å². The van der Waals surface area contributed by atoms with Crippen molar-refractivity contribution in [3.63, 3.8) is 0 Å². The fraction of sp³-hybridized carbons (Fsp3) is 0.625. The highest BCUT2D eigenvalue weighted by atomic mass is 15.1. The van der Waals surface area contributed by atoms with Crippen molar-refractivity contribution in [1.82, 2.24) is 10.2 Å². The van der Waals surface area contributed by atoms with E-state index in [1.54, 1.807) is 0 Å². The predicted molar refractivity (Wildman–Crippen MR) is 39.8 cm³/mol. The van der Waals surface area contributed by atoms with E-state index >= 15 is 0 Å². The van der Waals surface area contributed by atoms with Crippen LogP contribution in [-0.4, -0.2) is 10.2 Å². The fourth-order valence-corrected chi connectivity index (χ4v) is 1.56. The van der Waals surface area contributed by atoms with Crippen LogP contribution in [0.2, 0.25) is 0 Å². The molecule has 10 heavy (non-hydrogen) atoms. The third-order valence-electron chi connectivity index (χ3n) is 2.18. The molecule has 0 aromatic carbocycles. The van der Waals surface area contributed by atoms with Crippen molar-refractivity contribution >= 4 is 0 Å². The van der Waals surface area contributed by atoms with Crippen LogP contribution in [0, 0.1) is 0 Å². The van der Waals surface area contributed by atoms with Crippen molar-refractivity contribution in [3.8, 4) is 0 Å². The number of rotatable bonds is 0. The number of hydrogen-bond acceptors (Lipinski definition) is 1. The summed E-state index contributed by atoms with van der Waals surface area (Å²) in [7, 11) is 0. The normalized spacial score (nSPS) is 18.0. The number of aryl methyl sites for hydroxylation is 2. The standard InChI is InChI=1S/C8H12N2/c1-2-4-7-6-9-10-8(7)5-3-1/h6H,1-5H2,(H,9,10). The topological polar surface area (TPSA) is 28.7 Å². The lowest BCUT2D eigenvalue weighted by atomic mass is 10.2. The molecule has 1 N–H and O–H groups in total. The molecule has 0 amide bonds. The zero-order chi connectivity index (χ0) is 6.81. The van der Waals surface area contributed by atoms with Crippen LogP contribution in [0.4, 0.5) is 0 Å². The molecule has 1 aromatic heterocycles. The van der Waals surface area contributed by atoms with Crippen LogP contribution < -0.4 is 0 Å². The van der Waals surface area contributed by atoms with Crippen LogP contribution in [0.5, 0.6) is 0 Å². The first-order chi connectivity index (χ1) is 4.97. The van der Waals surface area contributed by atoms with Crippen molar-refractivity contribution in [3.05, 3.63) is 17.5 Å². The largest absolute Gasteiger partial charge is 0.282 e. The molecule has 0 unspecified atom stereocenters. The summed E-state index contributed by atoms with van der Waals surface area (Å²) in [6, 6.07) is 0. The number of aromatic amines is 1. The van der Waals surface area contributed by atoms with E-state index in [1.807, 2.05) is 6.20 Å². The first-order valence-corrected chi connectivity index (χ1v) is 3.98. The molecule has 1 aromatic rings. The summed E-state index contributed by atoms with van der Waals surface area (Å²) in [6.45, 7) is 0. The maximum absolute atomic E-state index is 4.02. The van der Waals surface area contributed by atoms with E-state index in [9.17, 15) is 0 Å². The van der Waals surface area contributed by atoms with Crippen LogP contribution in [0.3, 0.4) is 0 Å². The second-order valence-corrected chi connectivity index (χ2v) is 2.93. The Morgan fingerprint density at radius 1 is 1.20 bits per heavy atom. The van der Waals surface area contributed by atoms with E-state index in [-0.39, 0.29) is 0 Å². The molecule has 0 atom stereocenters. The second-order valence-electron chi connectivity index (χ2n) is 2.93. The molecule has 1 aliphatic rings. The molecule has 2 rings (SSSR count). The van der Waals surface area contributed by atoms with Crippen LogP contribution >= 0.6 is 0 Å². The molecule has 0 saturated heterocycles. The third kappa shape index (κ3) is 0.939. The predicted octanol–water partition coefficient (Wildman–Crippen LogP) is 1.68. The van der Waals surface area contributed by atoms with Crippen LogP contribution in [0.15, 0.2) is 6.20 Å². The fourth-order valence-electron chi connectivity index (χ4n) is 1.56. The minimum atomic E-state index is 1.20. The number of H-pyrrole nitrogens is 1. The van der Waals surface area contributed by atoms with Crippen LogP contribution in [0.1, 0.15) is 30.5 Å². The Hall–Kier alpha value is -0.790. The Bertz CT molecular complexity index is 194. The van der Waals surface area contributed by atoms with Gasteiger partial charge >= 0.3 is 0 Å². The van der Waals surface area contributed by atoms with Gasteiger partial charge in [0.2, 0.25) is 0 Å². The highest BCUT2D eigenvalue weighted by Gasteiger charge is 2.07. The lowest BCUT2D eigenvalue weighted by Gasteiger charge is -1.91. The number of hydrogen-bond donors (Lipinski definition) is 1. The lowest BCUT2D eigenvalue weighted by Crippen LogP contribution is -1.85. The summed E-state index contributed by atoms with van der Waals surface area (Å²) < 4.78 is 0. The zero-order valence-corrected chi connectivity index (χ0v) is 6.06. The van der Waals surface area contributed by atoms with E-state index in [0.29, 0.717) is 0 Å². The molecule has 2 nitrogen and oxygen atoms in total. The number of nitrogens with zero attached hydrogens (tertiary/aromatic N) is 1. The zero-order valence-electron chi connectivity index (χ0n) is 6.06. The van der Waals surface area contributed by atoms with Gasteiger partial charge in [-0.25, -0.2) is 0 Å². The van der Waals surface area contributed by atoms with Crippen molar-refractivity contribution in [2.75, 3.05) is 0 Å². The summed E-state index contributed by atoms with van der Waals surface area (Å²) in [5, 5.41) is 7.07. The van der Waals surface area contributed by atoms with Crippen LogP contribution in [-0.2, 0) is 12.8 Å². The number of aromatic nitrogens is 2. The maximum atomic E-state index is 4.02. The molecule has 54 valence electrons. The summed E-state index contributed by atoms with van der Waals surface area (Å²) in [5.74, 6) is 0. The van der Waals surface area contributed by atoms with Crippen molar-refractivity contribution in [2.45, 2.75) is 32.1 Å². The Morgan fingerprint density at radius 2 is 2.10 bits per heavy atom. The quantitative estimate of drug-likeness (QED) is 0.540. The van der Waals surface area contributed by atoms with Gasteiger partial charge in [-0.3, -0.25) is 5.10 Å². The molecule has 0 saturated carbocycles. The highest BCUT2D eigenvalue weighted by molar-refractivity contribution is 5.17. The van der Waals surface area contributed by atoms with Crippen molar-refractivity contribution < 1.29 is 0 Å². The minimum absolute atomic E-state index is 1.20. The summed E-state index contributed by atoms with van der Waals surface area (Å²) >= 11 is 0. The first-order valence-electron chi connectivity index (χ1n) is 3.98. The van der Waals surface area contributed by atoms with Gasteiger partial charge in [0.15, 0.2) is 0 Å². The van der Waals surface area contributed by atoms with Gasteiger partial charge in [-0.2, -0.15) is 5.10 Å². The van der Waals surface area contributed by atoms with Gasteiger partial charge in [0.25, 0.3) is 0 Å². The Labute approximate surface area is 60.6 Å². The Morgan fingerprint density at radius 3 is 3.10 bits per heavy atom. The molecule has 0 fully saturated rings. The van der Waals surface area contributed by atoms with Gasteiger partial charge < -0.3 is 0 Å². The lowest BCUT2D eigenvalue weighted by molar-refractivity contribution is 0.702. The average Bonchev–Trinajstić information content (AvgIpc) is 2.28. The maximum Gasteiger partial charge on any atom is 0.0522 e. The van der Waals surface area contributed by atoms with Gasteiger partial charge in [-0.1, -0.05) is 6.42 Å². The Kier molecular flexibility index (Phi) is 1.46. The van der Waals surface area contributed by atoms with Gasteiger partial charge in [-0.05, 0) is 31.2 Å². The SMILES string of the molecule is c1n[nH]c2c1CCCCC2. The summed E-state index contributed by atoms with van der Waals surface area (Å²) in [6.07, 6.45) is 8.45. The summed E-state index contributed by atoms with van der Waals surface area (Å²) in [4.78, 5) is 0. The van der Waals surface area contributed by atoms with Gasteiger partial charge in [-0.15, -0.1) is 0 Å².